The predicted molar refractivity (Wildman–Crippen MR) is 111 cm³/mol. The molecule has 3 aromatic rings. The Hall–Kier alpha value is -2.36. The van der Waals surface area contributed by atoms with Crippen LogP contribution in [0.3, 0.4) is 0 Å². The first-order valence-electron chi connectivity index (χ1n) is 8.88. The van der Waals surface area contributed by atoms with E-state index in [1.807, 2.05) is 44.2 Å². The van der Waals surface area contributed by atoms with Crippen LogP contribution in [0.2, 0.25) is 0 Å². The molecule has 3 rings (SSSR count). The lowest BCUT2D eigenvalue weighted by Crippen LogP contribution is -2.33. The zero-order valence-electron chi connectivity index (χ0n) is 15.8. The minimum Gasteiger partial charge on any atom is -0.268 e. The lowest BCUT2D eigenvalue weighted by atomic mass is 10.2. The van der Waals surface area contributed by atoms with E-state index in [-0.39, 0.29) is 24.4 Å². The summed E-state index contributed by atoms with van der Waals surface area (Å²) in [7, 11) is -3.43. The zero-order valence-corrected chi connectivity index (χ0v) is 17.4. The van der Waals surface area contributed by atoms with Crippen molar-refractivity contribution in [3.63, 3.8) is 0 Å². The van der Waals surface area contributed by atoms with Crippen molar-refractivity contribution in [2.45, 2.75) is 26.8 Å². The van der Waals surface area contributed by atoms with Crippen LogP contribution in [0.5, 0.6) is 0 Å². The van der Waals surface area contributed by atoms with Crippen molar-refractivity contribution in [3.8, 4) is 10.6 Å². The van der Waals surface area contributed by atoms with Crippen LogP contribution in [-0.2, 0) is 23.0 Å². The van der Waals surface area contributed by atoms with E-state index in [1.54, 1.807) is 6.07 Å². The van der Waals surface area contributed by atoms with E-state index >= 15 is 0 Å². The summed E-state index contributed by atoms with van der Waals surface area (Å²) in [6.07, 6.45) is 0.438. The van der Waals surface area contributed by atoms with Gasteiger partial charge in [0.25, 0.3) is 5.56 Å². The second kappa shape index (κ2) is 8.76. The van der Waals surface area contributed by atoms with E-state index in [0.717, 1.165) is 21.1 Å². The van der Waals surface area contributed by atoms with Crippen molar-refractivity contribution in [2.75, 3.05) is 12.3 Å². The normalized spacial score (nSPS) is 11.6. The average molecular weight is 419 g/mol. The van der Waals surface area contributed by atoms with Crippen LogP contribution in [0.4, 0.5) is 0 Å². The standard InChI is InChI=1S/C19H22N4O3S2/c1-14-19(27-15(2)21-14)17-8-9-18(24)23(22-17)12-11-20-28(25,26)13-10-16-6-4-3-5-7-16/h3-9,20H,10-13H2,1-2H3. The molecule has 7 nitrogen and oxygen atoms in total. The fourth-order valence-corrected chi connectivity index (χ4v) is 4.71. The molecule has 1 aromatic carbocycles. The highest BCUT2D eigenvalue weighted by Crippen LogP contribution is 2.27. The van der Waals surface area contributed by atoms with Crippen molar-refractivity contribution < 1.29 is 8.42 Å². The monoisotopic (exact) mass is 418 g/mol. The van der Waals surface area contributed by atoms with Gasteiger partial charge in [-0.1, -0.05) is 30.3 Å². The quantitative estimate of drug-likeness (QED) is 0.605. The maximum atomic E-state index is 12.2. The fourth-order valence-electron chi connectivity index (χ4n) is 2.78. The van der Waals surface area contributed by atoms with Crippen LogP contribution in [0.25, 0.3) is 10.6 Å². The molecule has 0 aliphatic heterocycles. The van der Waals surface area contributed by atoms with Gasteiger partial charge in [0.15, 0.2) is 0 Å². The van der Waals surface area contributed by atoms with Gasteiger partial charge >= 0.3 is 0 Å². The van der Waals surface area contributed by atoms with Gasteiger partial charge in [-0.2, -0.15) is 5.10 Å². The summed E-state index contributed by atoms with van der Waals surface area (Å²) in [5.41, 5.74) is 2.22. The third-order valence-corrected chi connectivity index (χ3v) is 6.63. The molecule has 0 bridgehead atoms. The molecule has 0 aliphatic rings. The fraction of sp³-hybridized carbons (Fsp3) is 0.316. The van der Waals surface area contributed by atoms with Crippen molar-refractivity contribution in [1.29, 1.82) is 0 Å². The molecule has 148 valence electrons. The first kappa shape index (κ1) is 20.4. The minimum absolute atomic E-state index is 0.00127. The third kappa shape index (κ3) is 5.34. The first-order valence-corrected chi connectivity index (χ1v) is 11.3. The van der Waals surface area contributed by atoms with E-state index in [9.17, 15) is 13.2 Å². The van der Waals surface area contributed by atoms with E-state index < -0.39 is 10.0 Å². The Labute approximate surface area is 168 Å². The molecule has 0 spiro atoms. The van der Waals surface area contributed by atoms with Crippen LogP contribution in [0, 0.1) is 13.8 Å². The second-order valence-electron chi connectivity index (χ2n) is 6.38. The molecule has 0 saturated heterocycles. The number of benzene rings is 1. The molecule has 0 radical (unpaired) electrons. The summed E-state index contributed by atoms with van der Waals surface area (Å²) in [5, 5.41) is 5.30. The molecule has 9 heteroatoms. The summed E-state index contributed by atoms with van der Waals surface area (Å²) >= 11 is 1.51. The molecule has 0 saturated carbocycles. The van der Waals surface area contributed by atoms with E-state index in [1.165, 1.54) is 22.1 Å². The Morgan fingerprint density at radius 1 is 1.11 bits per heavy atom. The SMILES string of the molecule is Cc1nc(C)c(-c2ccc(=O)n(CCNS(=O)(=O)CCc3ccccc3)n2)s1. The van der Waals surface area contributed by atoms with Gasteiger partial charge in [-0.05, 0) is 31.9 Å². The van der Waals surface area contributed by atoms with Gasteiger partial charge in [-0.25, -0.2) is 22.8 Å². The van der Waals surface area contributed by atoms with Crippen LogP contribution >= 0.6 is 11.3 Å². The van der Waals surface area contributed by atoms with Gasteiger partial charge in [0.2, 0.25) is 10.0 Å². The number of nitrogens with one attached hydrogen (secondary N) is 1. The highest BCUT2D eigenvalue weighted by atomic mass is 32.2. The Bertz CT molecular complexity index is 1110. The number of aryl methyl sites for hydroxylation is 3. The topological polar surface area (TPSA) is 94.0 Å². The molecule has 0 atom stereocenters. The average Bonchev–Trinajstić information content (AvgIpc) is 3.01. The lowest BCUT2D eigenvalue weighted by molar-refractivity contribution is 0.548. The molecule has 0 aliphatic carbocycles. The molecule has 28 heavy (non-hydrogen) atoms. The molecule has 2 heterocycles. The van der Waals surface area contributed by atoms with Gasteiger partial charge in [-0.15, -0.1) is 11.3 Å². The third-order valence-electron chi connectivity index (χ3n) is 4.15. The smallest absolute Gasteiger partial charge is 0.266 e. The van der Waals surface area contributed by atoms with Crippen LogP contribution < -0.4 is 10.3 Å². The van der Waals surface area contributed by atoms with Gasteiger partial charge in [0, 0.05) is 12.6 Å². The van der Waals surface area contributed by atoms with Crippen molar-refractivity contribution in [2.24, 2.45) is 0 Å². The maximum Gasteiger partial charge on any atom is 0.266 e. The lowest BCUT2D eigenvalue weighted by Gasteiger charge is -2.09. The molecular formula is C19H22N4O3S2. The number of hydrogen-bond acceptors (Lipinski definition) is 6. The van der Waals surface area contributed by atoms with Crippen LogP contribution in [0.15, 0.2) is 47.3 Å². The van der Waals surface area contributed by atoms with Crippen LogP contribution in [0.1, 0.15) is 16.3 Å². The number of sulfonamides is 1. The molecule has 0 amide bonds. The highest BCUT2D eigenvalue weighted by molar-refractivity contribution is 7.89. The van der Waals surface area contributed by atoms with E-state index in [0.29, 0.717) is 12.1 Å². The predicted octanol–water partition coefficient (Wildman–Crippen LogP) is 2.15. The second-order valence-corrected chi connectivity index (χ2v) is 9.51. The molecule has 0 fully saturated rings. The first-order chi connectivity index (χ1) is 13.3. The molecule has 2 aromatic heterocycles. The summed E-state index contributed by atoms with van der Waals surface area (Å²) in [6, 6.07) is 12.6. The number of hydrogen-bond donors (Lipinski definition) is 1. The van der Waals surface area contributed by atoms with E-state index in [4.69, 9.17) is 0 Å². The number of nitrogens with zero attached hydrogens (tertiary/aromatic N) is 3. The summed E-state index contributed by atoms with van der Waals surface area (Å²) < 4.78 is 28.2. The van der Waals surface area contributed by atoms with Crippen molar-refractivity contribution in [3.05, 3.63) is 69.1 Å². The van der Waals surface area contributed by atoms with Crippen molar-refractivity contribution >= 4 is 21.4 Å². The maximum absolute atomic E-state index is 12.2. The summed E-state index contributed by atoms with van der Waals surface area (Å²) in [6.45, 7) is 4.08. The molecular weight excluding hydrogens is 396 g/mol. The highest BCUT2D eigenvalue weighted by Gasteiger charge is 2.12. The molecule has 1 N–H and O–H groups in total. The summed E-state index contributed by atoms with van der Waals surface area (Å²) in [5.74, 6) is -0.00127. The van der Waals surface area contributed by atoms with E-state index in [2.05, 4.69) is 14.8 Å². The van der Waals surface area contributed by atoms with Gasteiger partial charge in [0.1, 0.15) is 5.69 Å². The Morgan fingerprint density at radius 2 is 1.86 bits per heavy atom. The Kier molecular flexibility index (Phi) is 6.38. The van der Waals surface area contributed by atoms with Crippen molar-refractivity contribution in [1.82, 2.24) is 19.5 Å². The zero-order chi connectivity index (χ0) is 20.1. The van der Waals surface area contributed by atoms with Gasteiger partial charge in [-0.3, -0.25) is 4.79 Å². The number of rotatable bonds is 8. The van der Waals surface area contributed by atoms with Gasteiger partial charge < -0.3 is 0 Å². The van der Waals surface area contributed by atoms with Crippen LogP contribution in [-0.4, -0.2) is 35.5 Å². The summed E-state index contributed by atoms with van der Waals surface area (Å²) in [4.78, 5) is 17.4. The number of aromatic nitrogens is 3. The number of thiazole rings is 1. The minimum atomic E-state index is -3.43. The van der Waals surface area contributed by atoms with Gasteiger partial charge in [0.05, 0.1) is 27.9 Å². The Balaban J connectivity index is 1.62. The molecule has 0 unspecified atom stereocenters. The Morgan fingerprint density at radius 3 is 2.54 bits per heavy atom. The largest absolute Gasteiger partial charge is 0.268 e.